The number of nitrogens with one attached hydrogen (secondary N) is 1. The maximum absolute atomic E-state index is 11.9. The Bertz CT molecular complexity index is 666. The van der Waals surface area contributed by atoms with E-state index in [2.05, 4.69) is 33.9 Å². The lowest BCUT2D eigenvalue weighted by Gasteiger charge is -2.06. The van der Waals surface area contributed by atoms with Crippen LogP contribution in [0.5, 0.6) is 0 Å². The molecule has 1 aromatic carbocycles. The number of thiazole rings is 1. The predicted molar refractivity (Wildman–Crippen MR) is 92.8 cm³/mol. The summed E-state index contributed by atoms with van der Waals surface area (Å²) in [6.07, 6.45) is 4.46. The summed E-state index contributed by atoms with van der Waals surface area (Å²) in [4.78, 5) is 17.5. The molecular weight excluding hydrogens is 312 g/mol. The van der Waals surface area contributed by atoms with Crippen LogP contribution in [0.4, 0.5) is 0 Å². The highest BCUT2D eigenvalue weighted by Gasteiger charge is 2.11. The van der Waals surface area contributed by atoms with Crippen molar-refractivity contribution in [1.29, 1.82) is 0 Å². The summed E-state index contributed by atoms with van der Waals surface area (Å²) in [6.45, 7) is 2.66. The van der Waals surface area contributed by atoms with Crippen LogP contribution in [0.3, 0.4) is 0 Å². The first-order valence-electron chi connectivity index (χ1n) is 7.63. The Morgan fingerprint density at radius 3 is 3.05 bits per heavy atom. The number of aryl methyl sites for hydroxylation is 3. The van der Waals surface area contributed by atoms with Gasteiger partial charge in [0.2, 0.25) is 5.91 Å². The fourth-order valence-electron chi connectivity index (χ4n) is 2.69. The molecule has 3 rings (SSSR count). The van der Waals surface area contributed by atoms with Crippen LogP contribution in [-0.4, -0.2) is 23.2 Å². The molecule has 22 heavy (non-hydrogen) atoms. The minimum Gasteiger partial charge on any atom is -0.355 e. The van der Waals surface area contributed by atoms with Crippen molar-refractivity contribution in [3.63, 3.8) is 0 Å². The van der Waals surface area contributed by atoms with Gasteiger partial charge in [-0.15, -0.1) is 23.1 Å². The number of benzene rings is 1. The van der Waals surface area contributed by atoms with Gasteiger partial charge in [-0.2, -0.15) is 0 Å². The van der Waals surface area contributed by atoms with Crippen LogP contribution in [0, 0.1) is 6.92 Å². The van der Waals surface area contributed by atoms with Gasteiger partial charge in [0.15, 0.2) is 0 Å². The van der Waals surface area contributed by atoms with E-state index in [0.717, 1.165) is 17.1 Å². The minimum atomic E-state index is 0.0949. The molecule has 0 radical (unpaired) electrons. The molecular formula is C17H20N2OS2. The molecule has 0 unspecified atom stereocenters. The second-order valence-electron chi connectivity index (χ2n) is 5.53. The van der Waals surface area contributed by atoms with Gasteiger partial charge in [-0.3, -0.25) is 4.79 Å². The third-order valence-electron chi connectivity index (χ3n) is 3.81. The minimum absolute atomic E-state index is 0.0949. The summed E-state index contributed by atoms with van der Waals surface area (Å²) < 4.78 is 0. The monoisotopic (exact) mass is 332 g/mol. The van der Waals surface area contributed by atoms with E-state index in [1.54, 1.807) is 23.1 Å². The zero-order chi connectivity index (χ0) is 15.4. The summed E-state index contributed by atoms with van der Waals surface area (Å²) in [5.41, 5.74) is 4.01. The SMILES string of the molecule is Cc1nc(CCNC(=O)CSc2ccc3c(c2)CCC3)cs1. The van der Waals surface area contributed by atoms with Crippen LogP contribution in [0.2, 0.25) is 0 Å². The molecule has 0 atom stereocenters. The Labute approximate surface area is 139 Å². The van der Waals surface area contributed by atoms with E-state index in [0.29, 0.717) is 12.3 Å². The molecule has 1 aliphatic carbocycles. The first-order valence-corrected chi connectivity index (χ1v) is 9.49. The average Bonchev–Trinajstić information content (AvgIpc) is 3.13. The number of fused-ring (bicyclic) bond motifs is 1. The van der Waals surface area contributed by atoms with Crippen molar-refractivity contribution in [3.05, 3.63) is 45.4 Å². The van der Waals surface area contributed by atoms with Crippen LogP contribution in [0.15, 0.2) is 28.5 Å². The van der Waals surface area contributed by atoms with Gasteiger partial charge in [0, 0.05) is 23.2 Å². The van der Waals surface area contributed by atoms with Gasteiger partial charge in [0.1, 0.15) is 0 Å². The lowest BCUT2D eigenvalue weighted by atomic mass is 10.1. The van der Waals surface area contributed by atoms with E-state index >= 15 is 0 Å². The molecule has 0 fully saturated rings. The summed E-state index contributed by atoms with van der Waals surface area (Å²) in [6, 6.07) is 6.60. The second-order valence-corrected chi connectivity index (χ2v) is 7.64. The highest BCUT2D eigenvalue weighted by atomic mass is 32.2. The van der Waals surface area contributed by atoms with Gasteiger partial charge < -0.3 is 5.32 Å². The third-order valence-corrected chi connectivity index (χ3v) is 5.63. The molecule has 1 aliphatic rings. The summed E-state index contributed by atoms with van der Waals surface area (Å²) in [5, 5.41) is 6.10. The van der Waals surface area contributed by atoms with E-state index < -0.39 is 0 Å². The number of amides is 1. The normalized spacial score (nSPS) is 13.1. The van der Waals surface area contributed by atoms with Crippen LogP contribution in [-0.2, 0) is 24.1 Å². The topological polar surface area (TPSA) is 42.0 Å². The highest BCUT2D eigenvalue weighted by Crippen LogP contribution is 2.27. The number of aromatic nitrogens is 1. The van der Waals surface area contributed by atoms with Crippen molar-refractivity contribution in [2.24, 2.45) is 0 Å². The molecule has 0 aliphatic heterocycles. The van der Waals surface area contributed by atoms with Crippen molar-refractivity contribution in [3.8, 4) is 0 Å². The Kier molecular flexibility index (Phi) is 5.16. The molecule has 0 saturated carbocycles. The molecule has 2 aromatic rings. The first-order chi connectivity index (χ1) is 10.7. The number of thioether (sulfide) groups is 1. The quantitative estimate of drug-likeness (QED) is 0.825. The number of nitrogens with zero attached hydrogens (tertiary/aromatic N) is 1. The Morgan fingerprint density at radius 2 is 2.23 bits per heavy atom. The highest BCUT2D eigenvalue weighted by molar-refractivity contribution is 8.00. The lowest BCUT2D eigenvalue weighted by molar-refractivity contribution is -0.118. The number of carbonyl (C=O) groups is 1. The molecule has 1 amide bonds. The third kappa shape index (κ3) is 4.11. The molecule has 116 valence electrons. The van der Waals surface area contributed by atoms with E-state index in [1.807, 2.05) is 6.92 Å². The average molecular weight is 332 g/mol. The van der Waals surface area contributed by atoms with E-state index in [1.165, 1.54) is 35.3 Å². The number of carbonyl (C=O) groups excluding carboxylic acids is 1. The van der Waals surface area contributed by atoms with Crippen molar-refractivity contribution in [2.75, 3.05) is 12.3 Å². The lowest BCUT2D eigenvalue weighted by Crippen LogP contribution is -2.27. The molecule has 5 heteroatoms. The molecule has 1 aromatic heterocycles. The summed E-state index contributed by atoms with van der Waals surface area (Å²) >= 11 is 3.27. The van der Waals surface area contributed by atoms with Crippen molar-refractivity contribution in [1.82, 2.24) is 10.3 Å². The smallest absolute Gasteiger partial charge is 0.230 e. The fourth-order valence-corrected chi connectivity index (χ4v) is 4.13. The van der Waals surface area contributed by atoms with Crippen LogP contribution < -0.4 is 5.32 Å². The van der Waals surface area contributed by atoms with Gasteiger partial charge in [0.05, 0.1) is 16.5 Å². The number of hydrogen-bond acceptors (Lipinski definition) is 4. The van der Waals surface area contributed by atoms with Crippen molar-refractivity contribution >= 4 is 29.0 Å². The predicted octanol–water partition coefficient (Wildman–Crippen LogP) is 3.39. The Balaban J connectivity index is 1.40. The Hall–Kier alpha value is -1.33. The van der Waals surface area contributed by atoms with Crippen LogP contribution >= 0.6 is 23.1 Å². The standard InChI is InChI=1S/C17H20N2OS2/c1-12-19-15(10-21-12)7-8-18-17(20)11-22-16-6-5-13-3-2-4-14(13)9-16/h5-6,9-10H,2-4,7-8,11H2,1H3,(H,18,20). The van der Waals surface area contributed by atoms with Gasteiger partial charge >= 0.3 is 0 Å². The van der Waals surface area contributed by atoms with E-state index in [9.17, 15) is 4.79 Å². The van der Waals surface area contributed by atoms with E-state index in [-0.39, 0.29) is 5.91 Å². The number of hydrogen-bond donors (Lipinski definition) is 1. The van der Waals surface area contributed by atoms with Gasteiger partial charge in [0.25, 0.3) is 0 Å². The maximum atomic E-state index is 11.9. The van der Waals surface area contributed by atoms with Gasteiger partial charge in [-0.25, -0.2) is 4.98 Å². The zero-order valence-corrected chi connectivity index (χ0v) is 14.4. The van der Waals surface area contributed by atoms with Crippen molar-refractivity contribution in [2.45, 2.75) is 37.5 Å². The molecule has 0 saturated heterocycles. The fraction of sp³-hybridized carbons (Fsp3) is 0.412. The molecule has 3 nitrogen and oxygen atoms in total. The van der Waals surface area contributed by atoms with Gasteiger partial charge in [-0.1, -0.05) is 6.07 Å². The second kappa shape index (κ2) is 7.29. The van der Waals surface area contributed by atoms with Crippen LogP contribution in [0.25, 0.3) is 0 Å². The van der Waals surface area contributed by atoms with Gasteiger partial charge in [-0.05, 0) is 49.4 Å². The maximum Gasteiger partial charge on any atom is 0.230 e. The summed E-state index contributed by atoms with van der Waals surface area (Å²) in [7, 11) is 0. The molecule has 1 N–H and O–H groups in total. The van der Waals surface area contributed by atoms with E-state index in [4.69, 9.17) is 0 Å². The molecule has 0 spiro atoms. The van der Waals surface area contributed by atoms with Crippen molar-refractivity contribution < 1.29 is 4.79 Å². The molecule has 1 heterocycles. The summed E-state index contributed by atoms with van der Waals surface area (Å²) in [5.74, 6) is 0.576. The molecule has 0 bridgehead atoms. The first kappa shape index (κ1) is 15.6. The Morgan fingerprint density at radius 1 is 1.36 bits per heavy atom. The largest absolute Gasteiger partial charge is 0.355 e. The zero-order valence-electron chi connectivity index (χ0n) is 12.7. The number of rotatable bonds is 6. The van der Waals surface area contributed by atoms with Crippen LogP contribution in [0.1, 0.15) is 28.2 Å².